The standard InChI is InChI=1S/C21H19ClN2O5/c22-16-10-13(11-17-19(16)29-9-3-8-28-17)12-23-18(25)6-7-24-20(26)14-4-1-2-5-15(14)21(24)27/h1-2,4-5,10-11H,3,6-9,12H2,(H,23,25). The number of amides is 3. The van der Waals surface area contributed by atoms with E-state index in [1.807, 2.05) is 0 Å². The molecule has 0 radical (unpaired) electrons. The van der Waals surface area contributed by atoms with Crippen LogP contribution in [0.2, 0.25) is 5.02 Å². The minimum absolute atomic E-state index is 0.0176. The topological polar surface area (TPSA) is 84.9 Å². The van der Waals surface area contributed by atoms with E-state index in [2.05, 4.69) is 5.32 Å². The summed E-state index contributed by atoms with van der Waals surface area (Å²) in [7, 11) is 0. The molecule has 0 spiro atoms. The molecule has 0 unspecified atom stereocenters. The lowest BCUT2D eigenvalue weighted by Gasteiger charge is -2.14. The Morgan fingerprint density at radius 2 is 1.76 bits per heavy atom. The first kappa shape index (κ1) is 19.3. The molecule has 2 aromatic rings. The van der Waals surface area contributed by atoms with Gasteiger partial charge in [0.05, 0.1) is 29.4 Å². The van der Waals surface area contributed by atoms with Crippen LogP contribution < -0.4 is 14.8 Å². The third-order valence-electron chi connectivity index (χ3n) is 4.79. The van der Waals surface area contributed by atoms with Gasteiger partial charge in [-0.2, -0.15) is 0 Å². The highest BCUT2D eigenvalue weighted by Crippen LogP contribution is 2.38. The molecule has 2 heterocycles. The summed E-state index contributed by atoms with van der Waals surface area (Å²) in [4.78, 5) is 38.0. The van der Waals surface area contributed by atoms with Crippen molar-refractivity contribution < 1.29 is 23.9 Å². The summed E-state index contributed by atoms with van der Waals surface area (Å²) in [5.74, 6) is 0.0705. The van der Waals surface area contributed by atoms with Crippen molar-refractivity contribution >= 4 is 29.3 Å². The van der Waals surface area contributed by atoms with E-state index >= 15 is 0 Å². The zero-order valence-electron chi connectivity index (χ0n) is 15.6. The first-order valence-electron chi connectivity index (χ1n) is 9.34. The predicted octanol–water partition coefficient (Wildman–Crippen LogP) is 2.80. The molecule has 0 aliphatic carbocycles. The van der Waals surface area contributed by atoms with Crippen molar-refractivity contribution in [2.24, 2.45) is 0 Å². The number of imide groups is 1. The molecule has 29 heavy (non-hydrogen) atoms. The molecule has 4 rings (SSSR count). The number of rotatable bonds is 5. The Bertz CT molecular complexity index is 956. The van der Waals surface area contributed by atoms with Crippen molar-refractivity contribution in [1.29, 1.82) is 0 Å². The molecule has 0 saturated heterocycles. The van der Waals surface area contributed by atoms with Gasteiger partial charge in [-0.15, -0.1) is 0 Å². The van der Waals surface area contributed by atoms with Crippen LogP contribution >= 0.6 is 11.6 Å². The molecule has 2 aromatic carbocycles. The van der Waals surface area contributed by atoms with Gasteiger partial charge in [-0.05, 0) is 29.8 Å². The second kappa shape index (κ2) is 8.13. The summed E-state index contributed by atoms with van der Waals surface area (Å²) in [6.45, 7) is 1.36. The van der Waals surface area contributed by atoms with Gasteiger partial charge in [-0.25, -0.2) is 0 Å². The molecule has 0 saturated carbocycles. The number of hydrogen-bond acceptors (Lipinski definition) is 5. The summed E-state index contributed by atoms with van der Waals surface area (Å²) in [5, 5.41) is 3.21. The third kappa shape index (κ3) is 3.91. The van der Waals surface area contributed by atoms with E-state index in [0.29, 0.717) is 40.9 Å². The number of ether oxygens (including phenoxy) is 2. The van der Waals surface area contributed by atoms with Gasteiger partial charge in [0.1, 0.15) is 0 Å². The summed E-state index contributed by atoms with van der Waals surface area (Å²) < 4.78 is 11.2. The van der Waals surface area contributed by atoms with Crippen LogP contribution in [0, 0.1) is 0 Å². The molecule has 1 N–H and O–H groups in total. The maximum Gasteiger partial charge on any atom is 0.261 e. The molecule has 0 atom stereocenters. The number of carbonyl (C=O) groups is 3. The molecule has 2 aliphatic rings. The number of fused-ring (bicyclic) bond motifs is 2. The van der Waals surface area contributed by atoms with Crippen LogP contribution in [0.4, 0.5) is 0 Å². The molecule has 7 nitrogen and oxygen atoms in total. The molecule has 3 amide bonds. The Morgan fingerprint density at radius 3 is 2.48 bits per heavy atom. The van der Waals surface area contributed by atoms with Crippen LogP contribution in [0.5, 0.6) is 11.5 Å². The van der Waals surface area contributed by atoms with Crippen LogP contribution in [0.3, 0.4) is 0 Å². The van der Waals surface area contributed by atoms with Gasteiger partial charge >= 0.3 is 0 Å². The molecular formula is C21H19ClN2O5. The predicted molar refractivity (Wildman–Crippen MR) is 105 cm³/mol. The van der Waals surface area contributed by atoms with E-state index in [1.165, 1.54) is 0 Å². The molecule has 0 aromatic heterocycles. The minimum Gasteiger partial charge on any atom is -0.489 e. The fourth-order valence-electron chi connectivity index (χ4n) is 3.33. The fourth-order valence-corrected chi connectivity index (χ4v) is 3.62. The third-order valence-corrected chi connectivity index (χ3v) is 5.07. The van der Waals surface area contributed by atoms with E-state index < -0.39 is 0 Å². The average Bonchev–Trinajstić information content (AvgIpc) is 2.88. The van der Waals surface area contributed by atoms with Crippen molar-refractivity contribution in [2.75, 3.05) is 19.8 Å². The largest absolute Gasteiger partial charge is 0.489 e. The minimum atomic E-state index is -0.368. The second-order valence-corrected chi connectivity index (χ2v) is 7.20. The first-order chi connectivity index (χ1) is 14.0. The Kier molecular flexibility index (Phi) is 5.40. The highest BCUT2D eigenvalue weighted by molar-refractivity contribution is 6.32. The normalized spacial score (nSPS) is 15.1. The van der Waals surface area contributed by atoms with Gasteiger partial charge in [0.2, 0.25) is 5.91 Å². The number of carbonyl (C=O) groups excluding carboxylic acids is 3. The van der Waals surface area contributed by atoms with Gasteiger partial charge in [0.25, 0.3) is 11.8 Å². The number of hydrogen-bond donors (Lipinski definition) is 1. The van der Waals surface area contributed by atoms with Crippen LogP contribution in [-0.4, -0.2) is 42.4 Å². The van der Waals surface area contributed by atoms with Gasteiger partial charge in [-0.1, -0.05) is 23.7 Å². The Morgan fingerprint density at radius 1 is 1.07 bits per heavy atom. The maximum atomic E-state index is 12.3. The SMILES string of the molecule is O=C(CCN1C(=O)c2ccccc2C1=O)NCc1cc(Cl)c2c(c1)OCCCO2. The summed E-state index contributed by atoms with van der Waals surface area (Å²) in [6, 6.07) is 10.2. The van der Waals surface area contributed by atoms with Crippen LogP contribution in [0.15, 0.2) is 36.4 Å². The zero-order valence-corrected chi connectivity index (χ0v) is 16.3. The zero-order chi connectivity index (χ0) is 20.4. The van der Waals surface area contributed by atoms with Gasteiger partial charge in [-0.3, -0.25) is 19.3 Å². The van der Waals surface area contributed by atoms with E-state index in [9.17, 15) is 14.4 Å². The Hall–Kier alpha value is -3.06. The first-order valence-corrected chi connectivity index (χ1v) is 9.72. The lowest BCUT2D eigenvalue weighted by Crippen LogP contribution is -2.34. The lowest BCUT2D eigenvalue weighted by molar-refractivity contribution is -0.121. The van der Waals surface area contributed by atoms with E-state index in [0.717, 1.165) is 16.9 Å². The van der Waals surface area contributed by atoms with Gasteiger partial charge in [0, 0.05) is 25.9 Å². The number of halogens is 1. The Balaban J connectivity index is 1.33. The highest BCUT2D eigenvalue weighted by Gasteiger charge is 2.34. The van der Waals surface area contributed by atoms with Crippen molar-refractivity contribution in [1.82, 2.24) is 10.2 Å². The van der Waals surface area contributed by atoms with Crippen molar-refractivity contribution in [3.63, 3.8) is 0 Å². The van der Waals surface area contributed by atoms with Crippen molar-refractivity contribution in [3.05, 3.63) is 58.1 Å². The molecular weight excluding hydrogens is 396 g/mol. The monoisotopic (exact) mass is 414 g/mol. The van der Waals surface area contributed by atoms with Crippen LogP contribution in [0.25, 0.3) is 0 Å². The molecule has 8 heteroatoms. The molecule has 0 bridgehead atoms. The molecule has 150 valence electrons. The quantitative estimate of drug-likeness (QED) is 0.760. The summed E-state index contributed by atoms with van der Waals surface area (Å²) in [6.07, 6.45) is 0.790. The second-order valence-electron chi connectivity index (χ2n) is 6.79. The molecule has 2 aliphatic heterocycles. The Labute approximate surface area is 172 Å². The fraction of sp³-hybridized carbons (Fsp3) is 0.286. The number of nitrogens with zero attached hydrogens (tertiary/aromatic N) is 1. The van der Waals surface area contributed by atoms with Gasteiger partial charge < -0.3 is 14.8 Å². The lowest BCUT2D eigenvalue weighted by atomic mass is 10.1. The van der Waals surface area contributed by atoms with Crippen LogP contribution in [-0.2, 0) is 11.3 Å². The smallest absolute Gasteiger partial charge is 0.261 e. The number of benzene rings is 2. The maximum absolute atomic E-state index is 12.3. The summed E-state index contributed by atoms with van der Waals surface area (Å²) >= 11 is 6.26. The average molecular weight is 415 g/mol. The van der Waals surface area contributed by atoms with E-state index in [1.54, 1.807) is 36.4 Å². The molecule has 0 fully saturated rings. The van der Waals surface area contributed by atoms with E-state index in [4.69, 9.17) is 21.1 Å². The van der Waals surface area contributed by atoms with Crippen molar-refractivity contribution in [2.45, 2.75) is 19.4 Å². The number of nitrogens with one attached hydrogen (secondary N) is 1. The van der Waals surface area contributed by atoms with E-state index in [-0.39, 0.29) is 37.2 Å². The van der Waals surface area contributed by atoms with Crippen molar-refractivity contribution in [3.8, 4) is 11.5 Å². The summed E-state index contributed by atoms with van der Waals surface area (Å²) in [5.41, 5.74) is 1.52. The van der Waals surface area contributed by atoms with Crippen LogP contribution in [0.1, 0.15) is 39.1 Å². The van der Waals surface area contributed by atoms with Gasteiger partial charge in [0.15, 0.2) is 11.5 Å². The highest BCUT2D eigenvalue weighted by atomic mass is 35.5.